The van der Waals surface area contributed by atoms with Crippen molar-refractivity contribution in [2.45, 2.75) is 24.2 Å². The van der Waals surface area contributed by atoms with E-state index in [-0.39, 0.29) is 12.1 Å². The van der Waals surface area contributed by atoms with Gasteiger partial charge in [-0.1, -0.05) is 0 Å². The maximum atomic E-state index is 13.1. The fourth-order valence-electron chi connectivity index (χ4n) is 1.25. The highest BCUT2D eigenvalue weighted by Crippen LogP contribution is 2.51. The van der Waals surface area contributed by atoms with Gasteiger partial charge in [-0.05, 0) is 12.1 Å². The summed E-state index contributed by atoms with van der Waals surface area (Å²) < 4.78 is 125. The Morgan fingerprint density at radius 3 is 1.52 bits per heavy atom. The molecule has 0 unspecified atom stereocenters. The van der Waals surface area contributed by atoms with Crippen LogP contribution in [0.4, 0.5) is 49.7 Å². The zero-order valence-electron chi connectivity index (χ0n) is 9.46. The summed E-state index contributed by atoms with van der Waals surface area (Å²) in [5.41, 5.74) is -0.631. The zero-order valence-corrected chi connectivity index (χ0v) is 9.46. The summed E-state index contributed by atoms with van der Waals surface area (Å²) in [4.78, 5) is 2.32. The molecule has 12 heteroatoms. The van der Waals surface area contributed by atoms with E-state index in [1.165, 1.54) is 0 Å². The Morgan fingerprint density at radius 2 is 1.14 bits per heavy atom. The molecule has 0 aliphatic rings. The Morgan fingerprint density at radius 1 is 0.714 bits per heavy atom. The number of halogens is 10. The average Bonchev–Trinajstić information content (AvgIpc) is 2.25. The molecule has 0 bridgehead atoms. The molecule has 0 atom stereocenters. The number of nitrogens with zero attached hydrogens (tertiary/aromatic N) is 1. The summed E-state index contributed by atoms with van der Waals surface area (Å²) in [6.07, 6.45) is -12.8. The maximum absolute atomic E-state index is 13.1. The maximum Gasteiger partial charge on any atom is 0.459 e. The van der Waals surface area contributed by atoms with Gasteiger partial charge >= 0.3 is 24.2 Å². The van der Waals surface area contributed by atoms with Crippen LogP contribution in [0.1, 0.15) is 11.3 Å². The summed E-state index contributed by atoms with van der Waals surface area (Å²) in [5.74, 6) is -13.1. The van der Waals surface area contributed by atoms with Crippen LogP contribution in [-0.4, -0.2) is 17.3 Å². The highest BCUT2D eigenvalue weighted by Gasteiger charge is 2.66. The van der Waals surface area contributed by atoms with Crippen LogP contribution < -0.4 is 5.73 Å². The van der Waals surface area contributed by atoms with Crippen LogP contribution in [0, 0.1) is 0 Å². The quantitative estimate of drug-likeness (QED) is 0.834. The Balaban J connectivity index is 3.66. The Labute approximate surface area is 109 Å². The molecule has 0 saturated carbocycles. The number of hydrogen-bond donors (Lipinski definition) is 1. The van der Waals surface area contributed by atoms with Crippen molar-refractivity contribution in [1.29, 1.82) is 0 Å². The minimum absolute atomic E-state index is 0.255. The second-order valence-corrected chi connectivity index (χ2v) is 3.78. The van der Waals surface area contributed by atoms with Crippen molar-refractivity contribution in [3.05, 3.63) is 23.4 Å². The summed E-state index contributed by atoms with van der Waals surface area (Å²) in [5, 5.41) is 0. The van der Waals surface area contributed by atoms with Crippen LogP contribution in [0.15, 0.2) is 12.1 Å². The predicted octanol–water partition coefficient (Wildman–Crippen LogP) is 3.97. The van der Waals surface area contributed by atoms with Crippen LogP contribution in [0.2, 0.25) is 0 Å². The molecule has 0 fully saturated rings. The number of nitrogens with two attached hydrogens (primary N) is 1. The minimum Gasteiger partial charge on any atom is -0.384 e. The average molecular weight is 330 g/mol. The molecule has 0 aromatic carbocycles. The molecular weight excluding hydrogens is 326 g/mol. The first-order valence-electron chi connectivity index (χ1n) is 4.79. The number of hydrogen-bond acceptors (Lipinski definition) is 2. The molecular formula is C9H4F10N2. The minimum atomic E-state index is -6.43. The fourth-order valence-corrected chi connectivity index (χ4v) is 1.25. The molecule has 120 valence electrons. The van der Waals surface area contributed by atoms with Crippen molar-refractivity contribution in [3.63, 3.8) is 0 Å². The number of anilines is 1. The van der Waals surface area contributed by atoms with E-state index in [0.29, 0.717) is 0 Å². The van der Waals surface area contributed by atoms with E-state index < -0.39 is 41.3 Å². The second kappa shape index (κ2) is 4.63. The number of aromatic nitrogens is 1. The largest absolute Gasteiger partial charge is 0.459 e. The number of nitrogen functional groups attached to an aromatic ring is 1. The molecule has 0 aliphatic heterocycles. The lowest BCUT2D eigenvalue weighted by molar-refractivity contribution is -0.302. The number of alkyl halides is 10. The Hall–Kier alpha value is -1.75. The van der Waals surface area contributed by atoms with Gasteiger partial charge < -0.3 is 5.73 Å². The van der Waals surface area contributed by atoms with Crippen molar-refractivity contribution in [1.82, 2.24) is 4.98 Å². The van der Waals surface area contributed by atoms with Crippen LogP contribution >= 0.6 is 0 Å². The summed E-state index contributed by atoms with van der Waals surface area (Å²) >= 11 is 0. The Kier molecular flexibility index (Phi) is 3.81. The van der Waals surface area contributed by atoms with Gasteiger partial charge in [0.05, 0.1) is 5.56 Å². The molecule has 1 aromatic heterocycles. The topological polar surface area (TPSA) is 38.9 Å². The van der Waals surface area contributed by atoms with E-state index in [4.69, 9.17) is 5.73 Å². The molecule has 0 spiro atoms. The van der Waals surface area contributed by atoms with E-state index in [1.807, 2.05) is 0 Å². The highest BCUT2D eigenvalue weighted by molar-refractivity contribution is 5.39. The molecule has 0 saturated heterocycles. The molecule has 21 heavy (non-hydrogen) atoms. The molecule has 0 aliphatic carbocycles. The van der Waals surface area contributed by atoms with E-state index in [0.717, 1.165) is 0 Å². The molecule has 2 N–H and O–H groups in total. The summed E-state index contributed by atoms with van der Waals surface area (Å²) in [6, 6.07) is -0.0181. The van der Waals surface area contributed by atoms with Gasteiger partial charge in [0.15, 0.2) is 0 Å². The predicted molar refractivity (Wildman–Crippen MR) is 48.5 cm³/mol. The molecule has 1 rings (SSSR count). The van der Waals surface area contributed by atoms with Crippen LogP contribution in [0.5, 0.6) is 0 Å². The lowest BCUT2D eigenvalue weighted by atomic mass is 10.0. The van der Waals surface area contributed by atoms with Gasteiger partial charge in [0.25, 0.3) is 0 Å². The van der Waals surface area contributed by atoms with Gasteiger partial charge in [-0.25, -0.2) is 4.98 Å². The van der Waals surface area contributed by atoms with Gasteiger partial charge in [-0.15, -0.1) is 0 Å². The lowest BCUT2D eigenvalue weighted by Gasteiger charge is -2.26. The highest BCUT2D eigenvalue weighted by atomic mass is 19.4. The standard InChI is InChI=1S/C9H4F10N2/c10-6(11,8(14,15)16)3-1-2-4(20)21-5(3)7(12,13)9(17,18)19/h1-2H,(H2,20,21). The van der Waals surface area contributed by atoms with Crippen LogP contribution in [0.25, 0.3) is 0 Å². The van der Waals surface area contributed by atoms with Crippen molar-refractivity contribution < 1.29 is 43.9 Å². The number of rotatable bonds is 2. The fraction of sp³-hybridized carbons (Fsp3) is 0.444. The normalized spacial score (nSPS) is 14.4. The summed E-state index contributed by atoms with van der Waals surface area (Å²) in [7, 11) is 0. The molecule has 2 nitrogen and oxygen atoms in total. The van der Waals surface area contributed by atoms with Crippen LogP contribution in [-0.2, 0) is 11.8 Å². The number of pyridine rings is 1. The first-order valence-corrected chi connectivity index (χ1v) is 4.79. The monoisotopic (exact) mass is 330 g/mol. The first kappa shape index (κ1) is 17.3. The van der Waals surface area contributed by atoms with Gasteiger partial charge in [0.1, 0.15) is 11.5 Å². The van der Waals surface area contributed by atoms with Gasteiger partial charge in [-0.3, -0.25) is 0 Å². The lowest BCUT2D eigenvalue weighted by Crippen LogP contribution is -2.41. The van der Waals surface area contributed by atoms with E-state index >= 15 is 0 Å². The van der Waals surface area contributed by atoms with Crippen LogP contribution in [0.3, 0.4) is 0 Å². The third kappa shape index (κ3) is 2.83. The van der Waals surface area contributed by atoms with Gasteiger partial charge in [0, 0.05) is 0 Å². The SMILES string of the molecule is Nc1ccc(C(F)(F)C(F)(F)F)c(C(F)(F)C(F)(F)F)n1. The van der Waals surface area contributed by atoms with E-state index in [9.17, 15) is 43.9 Å². The molecule has 1 heterocycles. The molecule has 0 amide bonds. The summed E-state index contributed by atoms with van der Waals surface area (Å²) in [6.45, 7) is 0. The van der Waals surface area contributed by atoms with E-state index in [1.54, 1.807) is 0 Å². The molecule has 0 radical (unpaired) electrons. The first-order chi connectivity index (χ1) is 9.12. The Bertz CT molecular complexity index is 530. The molecule has 1 aromatic rings. The zero-order chi connectivity index (χ0) is 16.9. The van der Waals surface area contributed by atoms with E-state index in [2.05, 4.69) is 4.98 Å². The van der Waals surface area contributed by atoms with Gasteiger partial charge in [-0.2, -0.15) is 43.9 Å². The smallest absolute Gasteiger partial charge is 0.384 e. The van der Waals surface area contributed by atoms with Crippen molar-refractivity contribution in [2.75, 3.05) is 5.73 Å². The van der Waals surface area contributed by atoms with Crippen molar-refractivity contribution in [3.8, 4) is 0 Å². The second-order valence-electron chi connectivity index (χ2n) is 3.78. The van der Waals surface area contributed by atoms with Gasteiger partial charge in [0.2, 0.25) is 0 Å². The van der Waals surface area contributed by atoms with Crippen molar-refractivity contribution in [2.24, 2.45) is 0 Å². The third-order valence-electron chi connectivity index (χ3n) is 2.26. The third-order valence-corrected chi connectivity index (χ3v) is 2.26. The van der Waals surface area contributed by atoms with Crippen molar-refractivity contribution >= 4 is 5.82 Å².